The van der Waals surface area contributed by atoms with E-state index in [1.54, 1.807) is 0 Å². The summed E-state index contributed by atoms with van der Waals surface area (Å²) < 4.78 is 13.4. The summed E-state index contributed by atoms with van der Waals surface area (Å²) in [6, 6.07) is 16.1. The Morgan fingerprint density at radius 3 is 2.35 bits per heavy atom. The average molecular weight is 345 g/mol. The van der Waals surface area contributed by atoms with Gasteiger partial charge in [-0.2, -0.15) is 0 Å². The first kappa shape index (κ1) is 20.7. The number of benzene rings is 2. The van der Waals surface area contributed by atoms with Gasteiger partial charge in [0.25, 0.3) is 0 Å². The Morgan fingerprint density at radius 2 is 1.65 bits per heavy atom. The quantitative estimate of drug-likeness (QED) is 0.346. The first-order chi connectivity index (χ1) is 12.2. The predicted molar refractivity (Wildman–Crippen MR) is 98.2 cm³/mol. The van der Waals surface area contributed by atoms with E-state index in [0.29, 0.717) is 13.2 Å². The maximum absolute atomic E-state index is 5.75. The average Bonchev–Trinajstić information content (AvgIpc) is 3.05. The van der Waals surface area contributed by atoms with Gasteiger partial charge in [0.05, 0.1) is 5.52 Å². The number of para-hydroxylation sites is 1. The molecule has 1 aromatic heterocycles. The number of rotatable bonds is 8. The van der Waals surface area contributed by atoms with Crippen LogP contribution in [0.2, 0.25) is 0 Å². The summed E-state index contributed by atoms with van der Waals surface area (Å²) in [7, 11) is 0. The fraction of sp³-hybridized carbons (Fsp3) is 0.350. The molecule has 0 aliphatic rings. The molecule has 132 valence electrons. The molecule has 0 aliphatic carbocycles. The maximum Gasteiger partial charge on any atom is 1.00 e. The SMILES string of the molecule is CCOC([CH-]C(c1ccccc1C)n1nnc2ccccc21)OCC.[Li+]. The van der Waals surface area contributed by atoms with Crippen LogP contribution >= 0.6 is 0 Å². The number of aryl methyl sites for hydroxylation is 1. The van der Waals surface area contributed by atoms with Gasteiger partial charge in [0.2, 0.25) is 0 Å². The summed E-state index contributed by atoms with van der Waals surface area (Å²) in [5.74, 6) is 0. The molecule has 6 heteroatoms. The molecule has 0 amide bonds. The van der Waals surface area contributed by atoms with Crippen LogP contribution in [0.15, 0.2) is 48.5 Å². The Bertz CT molecular complexity index is 815. The van der Waals surface area contributed by atoms with Crippen LogP contribution < -0.4 is 18.9 Å². The van der Waals surface area contributed by atoms with Gasteiger partial charge < -0.3 is 9.47 Å². The molecule has 0 saturated carbocycles. The number of ether oxygens (including phenoxy) is 2. The van der Waals surface area contributed by atoms with Crippen LogP contribution in [0.1, 0.15) is 31.0 Å². The van der Waals surface area contributed by atoms with Crippen LogP contribution in [-0.2, 0) is 9.47 Å². The summed E-state index contributed by atoms with van der Waals surface area (Å²) in [4.78, 5) is 0. The fourth-order valence-electron chi connectivity index (χ4n) is 2.96. The second-order valence-electron chi connectivity index (χ2n) is 5.80. The molecule has 1 atom stereocenters. The number of hydrogen-bond acceptors (Lipinski definition) is 4. The Balaban J connectivity index is 0.00000243. The van der Waals surface area contributed by atoms with Crippen molar-refractivity contribution in [1.82, 2.24) is 15.0 Å². The summed E-state index contributed by atoms with van der Waals surface area (Å²) in [5, 5.41) is 8.72. The third-order valence-electron chi connectivity index (χ3n) is 4.15. The summed E-state index contributed by atoms with van der Waals surface area (Å²) >= 11 is 0. The van der Waals surface area contributed by atoms with Gasteiger partial charge in [-0.3, -0.25) is 4.68 Å². The Kier molecular flexibility index (Phi) is 7.86. The van der Waals surface area contributed by atoms with Crippen LogP contribution in [0.5, 0.6) is 0 Å². The molecule has 0 aliphatic heterocycles. The van der Waals surface area contributed by atoms with E-state index >= 15 is 0 Å². The van der Waals surface area contributed by atoms with Crippen molar-refractivity contribution in [1.29, 1.82) is 0 Å². The van der Waals surface area contributed by atoms with Gasteiger partial charge in [0, 0.05) is 19.5 Å². The summed E-state index contributed by atoms with van der Waals surface area (Å²) in [5.41, 5.74) is 4.20. The van der Waals surface area contributed by atoms with Crippen LogP contribution in [-0.4, -0.2) is 34.5 Å². The number of nitrogens with zero attached hydrogens (tertiary/aromatic N) is 3. The van der Waals surface area contributed by atoms with E-state index in [0.717, 1.165) is 16.6 Å². The number of aromatic nitrogens is 3. The minimum atomic E-state index is -0.400. The Labute approximate surface area is 166 Å². The van der Waals surface area contributed by atoms with Crippen molar-refractivity contribution in [2.75, 3.05) is 13.2 Å². The van der Waals surface area contributed by atoms with Gasteiger partial charge in [-0.15, -0.1) is 5.10 Å². The summed E-state index contributed by atoms with van der Waals surface area (Å²) in [6.07, 6.45) is 1.65. The molecular weight excluding hydrogens is 321 g/mol. The molecule has 3 rings (SSSR count). The van der Waals surface area contributed by atoms with Crippen molar-refractivity contribution in [3.8, 4) is 0 Å². The van der Waals surface area contributed by atoms with Crippen LogP contribution in [0.25, 0.3) is 11.0 Å². The van der Waals surface area contributed by atoms with E-state index in [9.17, 15) is 0 Å². The van der Waals surface area contributed by atoms with Crippen molar-refractivity contribution in [3.05, 3.63) is 66.1 Å². The largest absolute Gasteiger partial charge is 1.00 e. The zero-order valence-corrected chi connectivity index (χ0v) is 15.9. The third kappa shape index (κ3) is 4.55. The molecular formula is C20H24LiN3O2. The van der Waals surface area contributed by atoms with E-state index in [2.05, 4.69) is 35.8 Å². The fourth-order valence-corrected chi connectivity index (χ4v) is 2.96. The van der Waals surface area contributed by atoms with E-state index in [-0.39, 0.29) is 24.9 Å². The first-order valence-corrected chi connectivity index (χ1v) is 8.68. The van der Waals surface area contributed by atoms with Crippen molar-refractivity contribution in [2.24, 2.45) is 0 Å². The molecule has 1 unspecified atom stereocenters. The minimum Gasteiger partial charge on any atom is -0.384 e. The van der Waals surface area contributed by atoms with Gasteiger partial charge in [0.1, 0.15) is 5.52 Å². The molecule has 2 aromatic carbocycles. The van der Waals surface area contributed by atoms with Crippen LogP contribution in [0.4, 0.5) is 0 Å². The van der Waals surface area contributed by atoms with Gasteiger partial charge in [-0.05, 0) is 44.5 Å². The second-order valence-corrected chi connectivity index (χ2v) is 5.80. The van der Waals surface area contributed by atoms with Gasteiger partial charge in [-0.1, -0.05) is 47.2 Å². The third-order valence-corrected chi connectivity index (χ3v) is 4.15. The molecule has 0 radical (unpaired) electrons. The second kappa shape index (κ2) is 9.89. The molecule has 0 bridgehead atoms. The van der Waals surface area contributed by atoms with Crippen LogP contribution in [0.3, 0.4) is 0 Å². The monoisotopic (exact) mass is 345 g/mol. The normalized spacial score (nSPS) is 12.3. The van der Waals surface area contributed by atoms with Gasteiger partial charge in [0.15, 0.2) is 0 Å². The molecule has 0 saturated heterocycles. The van der Waals surface area contributed by atoms with Crippen molar-refractivity contribution in [2.45, 2.75) is 33.1 Å². The summed E-state index contributed by atoms with van der Waals surface area (Å²) in [6.45, 7) is 7.20. The molecule has 0 spiro atoms. The minimum absolute atomic E-state index is 0. The number of fused-ring (bicyclic) bond motifs is 1. The molecule has 0 N–H and O–H groups in total. The first-order valence-electron chi connectivity index (χ1n) is 8.68. The van der Waals surface area contributed by atoms with Gasteiger partial charge in [-0.25, -0.2) is 6.42 Å². The molecule has 0 fully saturated rings. The predicted octanol–water partition coefficient (Wildman–Crippen LogP) is 0.937. The number of hydrogen-bond donors (Lipinski definition) is 0. The van der Waals surface area contributed by atoms with E-state index in [1.807, 2.05) is 54.9 Å². The van der Waals surface area contributed by atoms with Crippen molar-refractivity contribution < 1.29 is 28.3 Å². The molecule has 26 heavy (non-hydrogen) atoms. The molecule has 5 nitrogen and oxygen atoms in total. The van der Waals surface area contributed by atoms with Crippen LogP contribution in [0, 0.1) is 13.3 Å². The van der Waals surface area contributed by atoms with E-state index in [1.165, 1.54) is 5.56 Å². The molecule has 1 heterocycles. The zero-order chi connectivity index (χ0) is 17.6. The van der Waals surface area contributed by atoms with E-state index < -0.39 is 6.29 Å². The van der Waals surface area contributed by atoms with Gasteiger partial charge >= 0.3 is 18.9 Å². The topological polar surface area (TPSA) is 49.2 Å². The Morgan fingerprint density at radius 1 is 1.00 bits per heavy atom. The van der Waals surface area contributed by atoms with E-state index in [4.69, 9.17) is 9.47 Å². The zero-order valence-electron chi connectivity index (χ0n) is 15.9. The molecule has 3 aromatic rings. The standard InChI is InChI=1S/C20H24N3O2.Li/c1-4-24-20(25-5-2)14-19(16-11-7-6-10-15(16)3)23-18-13-9-8-12-17(18)21-22-23;/h6-14,19-20H,4-5H2,1-3H3;/q-1;+1. The van der Waals surface area contributed by atoms with Crippen molar-refractivity contribution >= 4 is 11.0 Å². The maximum atomic E-state index is 5.75. The smallest absolute Gasteiger partial charge is 0.384 e. The Hall–Kier alpha value is -1.64. The van der Waals surface area contributed by atoms with Crippen molar-refractivity contribution in [3.63, 3.8) is 0 Å².